The minimum Gasteiger partial charge on any atom is -0.507 e. The smallest absolute Gasteiger partial charge is 0.295 e. The van der Waals surface area contributed by atoms with Crippen LogP contribution in [0.4, 0.5) is 0 Å². The molecule has 2 aromatic rings. The fourth-order valence-electron chi connectivity index (χ4n) is 3.11. The summed E-state index contributed by atoms with van der Waals surface area (Å²) in [5.74, 6) is -1.61. The summed E-state index contributed by atoms with van der Waals surface area (Å²) in [6.45, 7) is 1.03. The zero-order chi connectivity index (χ0) is 19.2. The van der Waals surface area contributed by atoms with Crippen molar-refractivity contribution in [3.05, 3.63) is 71.6 Å². The maximum absolute atomic E-state index is 12.7. The molecule has 0 aliphatic carbocycles. The molecule has 1 saturated heterocycles. The highest BCUT2D eigenvalue weighted by molar-refractivity contribution is 6.46. The molecule has 3 rings (SSSR count). The summed E-state index contributed by atoms with van der Waals surface area (Å²) in [7, 11) is 0. The number of hydrogen-bond acceptors (Lipinski definition) is 6. The van der Waals surface area contributed by atoms with Crippen molar-refractivity contribution in [3.63, 3.8) is 0 Å². The molecule has 1 fully saturated rings. The van der Waals surface area contributed by atoms with Crippen LogP contribution in [0, 0.1) is 0 Å². The molecule has 0 bridgehead atoms. The van der Waals surface area contributed by atoms with Gasteiger partial charge in [0, 0.05) is 31.4 Å². The van der Waals surface area contributed by atoms with Gasteiger partial charge in [0.1, 0.15) is 11.8 Å². The van der Waals surface area contributed by atoms with Gasteiger partial charge >= 0.3 is 0 Å². The zero-order valence-corrected chi connectivity index (χ0v) is 14.7. The molecule has 140 valence electrons. The van der Waals surface area contributed by atoms with Crippen LogP contribution in [0.1, 0.15) is 17.3 Å². The number of benzene rings is 1. The number of likely N-dealkylation sites (tertiary alicyclic amines) is 1. The number of carbonyl (C=O) groups is 2. The Hall–Kier alpha value is -3.03. The first kappa shape index (κ1) is 18.8. The number of aliphatic hydroxyl groups excluding tert-OH is 2. The number of nitrogens with zero attached hydrogens (tertiary/aromatic N) is 2. The minimum absolute atomic E-state index is 0.0174. The molecule has 1 aromatic heterocycles. The summed E-state index contributed by atoms with van der Waals surface area (Å²) in [4.78, 5) is 31.0. The third kappa shape index (κ3) is 3.89. The van der Waals surface area contributed by atoms with Gasteiger partial charge in [-0.3, -0.25) is 14.6 Å². The van der Waals surface area contributed by atoms with Gasteiger partial charge in [0.2, 0.25) is 0 Å². The number of rotatable bonds is 7. The Morgan fingerprint density at radius 2 is 1.81 bits per heavy atom. The van der Waals surface area contributed by atoms with Crippen molar-refractivity contribution in [2.75, 3.05) is 26.2 Å². The highest BCUT2D eigenvalue weighted by Gasteiger charge is 2.46. The van der Waals surface area contributed by atoms with Crippen molar-refractivity contribution < 1.29 is 19.8 Å². The molecule has 7 nitrogen and oxygen atoms in total. The lowest BCUT2D eigenvalue weighted by atomic mass is 9.98. The molecule has 1 aliphatic heterocycles. The molecule has 3 N–H and O–H groups in total. The Labute approximate surface area is 157 Å². The molecule has 1 amide bonds. The molecule has 27 heavy (non-hydrogen) atoms. The third-order valence-corrected chi connectivity index (χ3v) is 4.37. The molecule has 1 aromatic carbocycles. The lowest BCUT2D eigenvalue weighted by Crippen LogP contribution is -2.36. The van der Waals surface area contributed by atoms with Crippen LogP contribution in [0.15, 0.2) is 60.3 Å². The summed E-state index contributed by atoms with van der Waals surface area (Å²) in [6, 6.07) is 13.1. The molecule has 2 heterocycles. The third-order valence-electron chi connectivity index (χ3n) is 4.37. The normalized spacial score (nSPS) is 18.9. The van der Waals surface area contributed by atoms with E-state index in [-0.39, 0.29) is 24.5 Å². The largest absolute Gasteiger partial charge is 0.507 e. The number of carbonyl (C=O) groups excluding carboxylic acids is 2. The zero-order valence-electron chi connectivity index (χ0n) is 14.7. The first-order valence-corrected chi connectivity index (χ1v) is 8.71. The van der Waals surface area contributed by atoms with E-state index in [9.17, 15) is 14.7 Å². The van der Waals surface area contributed by atoms with E-state index in [1.165, 1.54) is 4.90 Å². The molecule has 0 saturated carbocycles. The summed E-state index contributed by atoms with van der Waals surface area (Å²) in [5.41, 5.74) is 1.01. The highest BCUT2D eigenvalue weighted by Crippen LogP contribution is 2.38. The molecule has 0 radical (unpaired) electrons. The monoisotopic (exact) mass is 367 g/mol. The highest BCUT2D eigenvalue weighted by atomic mass is 16.3. The number of aliphatic hydroxyl groups is 2. The van der Waals surface area contributed by atoms with Crippen molar-refractivity contribution in [3.8, 4) is 0 Å². The lowest BCUT2D eigenvalue weighted by molar-refractivity contribution is -0.139. The van der Waals surface area contributed by atoms with Gasteiger partial charge in [-0.2, -0.15) is 0 Å². The number of ketones is 1. The van der Waals surface area contributed by atoms with Gasteiger partial charge in [0.25, 0.3) is 11.7 Å². The van der Waals surface area contributed by atoms with E-state index < -0.39 is 17.7 Å². The summed E-state index contributed by atoms with van der Waals surface area (Å²) in [6.07, 6.45) is 1.59. The first-order valence-electron chi connectivity index (χ1n) is 8.71. The first-order chi connectivity index (χ1) is 13.1. The van der Waals surface area contributed by atoms with Gasteiger partial charge in [-0.25, -0.2) is 0 Å². The van der Waals surface area contributed by atoms with E-state index in [1.54, 1.807) is 54.7 Å². The standard InChI is InChI=1S/C20H21N3O4/c24-13-11-21-10-12-23-17(15-8-4-5-9-22-15)16(19(26)20(23)27)18(25)14-6-2-1-3-7-14/h1-9,17,21,24-25H,10-13H2/t17-/m1/s1. The van der Waals surface area contributed by atoms with E-state index >= 15 is 0 Å². The van der Waals surface area contributed by atoms with Crippen LogP contribution in [-0.2, 0) is 9.59 Å². The van der Waals surface area contributed by atoms with Gasteiger partial charge in [-0.1, -0.05) is 36.4 Å². The van der Waals surface area contributed by atoms with E-state index in [0.29, 0.717) is 24.3 Å². The molecular weight excluding hydrogens is 346 g/mol. The predicted molar refractivity (Wildman–Crippen MR) is 99.6 cm³/mol. The van der Waals surface area contributed by atoms with E-state index in [4.69, 9.17) is 5.11 Å². The van der Waals surface area contributed by atoms with E-state index in [1.807, 2.05) is 0 Å². The number of Topliss-reactive ketones (excluding diaryl/α,β-unsaturated/α-hetero) is 1. The minimum atomic E-state index is -0.762. The Morgan fingerprint density at radius 1 is 1.07 bits per heavy atom. The fraction of sp³-hybridized carbons (Fsp3) is 0.250. The van der Waals surface area contributed by atoms with Gasteiger partial charge < -0.3 is 20.4 Å². The Morgan fingerprint density at radius 3 is 2.48 bits per heavy atom. The summed E-state index contributed by atoms with van der Waals surface area (Å²) >= 11 is 0. The fourth-order valence-corrected chi connectivity index (χ4v) is 3.11. The van der Waals surface area contributed by atoms with Crippen molar-refractivity contribution >= 4 is 17.4 Å². The molecule has 0 spiro atoms. The average Bonchev–Trinajstić information content (AvgIpc) is 2.97. The van der Waals surface area contributed by atoms with Crippen LogP contribution < -0.4 is 5.32 Å². The summed E-state index contributed by atoms with van der Waals surface area (Å²) in [5, 5.41) is 22.6. The van der Waals surface area contributed by atoms with Gasteiger partial charge in [-0.05, 0) is 12.1 Å². The van der Waals surface area contributed by atoms with Crippen molar-refractivity contribution in [2.45, 2.75) is 6.04 Å². The number of pyridine rings is 1. The molecular formula is C20H21N3O4. The molecule has 0 unspecified atom stereocenters. The van der Waals surface area contributed by atoms with Crippen molar-refractivity contribution in [2.24, 2.45) is 0 Å². The second-order valence-electron chi connectivity index (χ2n) is 6.09. The second kappa shape index (κ2) is 8.57. The topological polar surface area (TPSA) is 103 Å². The van der Waals surface area contributed by atoms with E-state index in [2.05, 4.69) is 10.3 Å². The van der Waals surface area contributed by atoms with Gasteiger partial charge in [0.05, 0.1) is 17.9 Å². The van der Waals surface area contributed by atoms with Crippen molar-refractivity contribution in [1.82, 2.24) is 15.2 Å². The average molecular weight is 367 g/mol. The lowest BCUT2D eigenvalue weighted by Gasteiger charge is -2.24. The number of nitrogens with one attached hydrogen (secondary N) is 1. The number of aromatic nitrogens is 1. The summed E-state index contributed by atoms with van der Waals surface area (Å²) < 4.78 is 0. The van der Waals surface area contributed by atoms with Gasteiger partial charge in [-0.15, -0.1) is 0 Å². The van der Waals surface area contributed by atoms with Crippen LogP contribution in [0.3, 0.4) is 0 Å². The quantitative estimate of drug-likeness (QED) is 0.293. The molecule has 7 heteroatoms. The number of amides is 1. The number of hydrogen-bond donors (Lipinski definition) is 3. The van der Waals surface area contributed by atoms with Crippen LogP contribution in [-0.4, -0.2) is 58.0 Å². The van der Waals surface area contributed by atoms with Gasteiger partial charge in [0.15, 0.2) is 0 Å². The maximum Gasteiger partial charge on any atom is 0.295 e. The van der Waals surface area contributed by atoms with Crippen LogP contribution in [0.25, 0.3) is 5.76 Å². The van der Waals surface area contributed by atoms with Crippen LogP contribution in [0.2, 0.25) is 0 Å². The van der Waals surface area contributed by atoms with Crippen LogP contribution in [0.5, 0.6) is 0 Å². The molecule has 1 atom stereocenters. The van der Waals surface area contributed by atoms with Crippen LogP contribution >= 0.6 is 0 Å². The maximum atomic E-state index is 12.7. The SMILES string of the molecule is O=C1C(=O)N(CCNCCO)[C@H](c2ccccn2)C1=C(O)c1ccccc1. The van der Waals surface area contributed by atoms with E-state index in [0.717, 1.165) is 0 Å². The Balaban J connectivity index is 2.03. The van der Waals surface area contributed by atoms with Crippen molar-refractivity contribution in [1.29, 1.82) is 0 Å². The Kier molecular flexibility index (Phi) is 5.95. The molecule has 1 aliphatic rings. The Bertz CT molecular complexity index is 837. The second-order valence-corrected chi connectivity index (χ2v) is 6.09. The predicted octanol–water partition coefficient (Wildman–Crippen LogP) is 1.09.